The molecule has 0 radical (unpaired) electrons. The van der Waals surface area contributed by atoms with Gasteiger partial charge in [0.2, 0.25) is 0 Å². The lowest BCUT2D eigenvalue weighted by Crippen LogP contribution is -2.47. The van der Waals surface area contributed by atoms with E-state index in [0.717, 1.165) is 19.0 Å². The van der Waals surface area contributed by atoms with Gasteiger partial charge in [-0.15, -0.1) is 24.0 Å². The number of methoxy groups -OCH3 is 1. The van der Waals surface area contributed by atoms with E-state index < -0.39 is 0 Å². The van der Waals surface area contributed by atoms with Crippen molar-refractivity contribution in [3.8, 4) is 0 Å². The lowest BCUT2D eigenvalue weighted by Gasteiger charge is -2.21. The minimum atomic E-state index is -0.215. The molecule has 0 spiro atoms. The van der Waals surface area contributed by atoms with Crippen molar-refractivity contribution in [2.75, 3.05) is 33.8 Å². The first-order valence-electron chi connectivity index (χ1n) is 7.26. The summed E-state index contributed by atoms with van der Waals surface area (Å²) < 4.78 is 4.61. The molecule has 1 aliphatic rings. The predicted molar refractivity (Wildman–Crippen MR) is 96.2 cm³/mol. The molecule has 1 heterocycles. The maximum atomic E-state index is 11.1. The maximum Gasteiger partial charge on any atom is 0.307 e. The van der Waals surface area contributed by atoms with Gasteiger partial charge in [-0.2, -0.15) is 0 Å². The number of nitrogens with zero attached hydrogens (tertiary/aromatic N) is 2. The molecule has 0 amide bonds. The summed E-state index contributed by atoms with van der Waals surface area (Å²) in [4.78, 5) is 17.7. The fraction of sp³-hybridized carbons (Fsp3) is 0.857. The Hall–Kier alpha value is -0.570. The number of guanidine groups is 1. The lowest BCUT2D eigenvalue weighted by molar-refractivity contribution is -0.140. The molecule has 1 fully saturated rings. The Labute approximate surface area is 145 Å². The largest absolute Gasteiger partial charge is 0.469 e. The van der Waals surface area contributed by atoms with Gasteiger partial charge in [-0.3, -0.25) is 14.7 Å². The van der Waals surface area contributed by atoms with Gasteiger partial charge in [0.1, 0.15) is 0 Å². The molecular weight excluding hydrogens is 383 g/mol. The molecule has 2 atom stereocenters. The van der Waals surface area contributed by atoms with Crippen LogP contribution in [0.4, 0.5) is 0 Å². The van der Waals surface area contributed by atoms with E-state index in [1.165, 1.54) is 7.11 Å². The third-order valence-electron chi connectivity index (χ3n) is 3.77. The molecule has 1 saturated heterocycles. The van der Waals surface area contributed by atoms with Crippen LogP contribution in [0.3, 0.4) is 0 Å². The van der Waals surface area contributed by atoms with Gasteiger partial charge >= 0.3 is 5.97 Å². The van der Waals surface area contributed by atoms with Crippen LogP contribution in [0.1, 0.15) is 27.2 Å². The number of ether oxygens (including phenoxy) is 1. The van der Waals surface area contributed by atoms with Crippen LogP contribution in [-0.2, 0) is 9.53 Å². The SMILES string of the molecule is CN=C(NCCC(=O)OC)NC1CN(C(C)C)CC1C.I. The monoisotopic (exact) mass is 412 g/mol. The summed E-state index contributed by atoms with van der Waals surface area (Å²) in [6.07, 6.45) is 0.343. The summed E-state index contributed by atoms with van der Waals surface area (Å²) in [6.45, 7) is 9.35. The minimum absolute atomic E-state index is 0. The molecule has 0 aliphatic carbocycles. The molecule has 1 rings (SSSR count). The number of carbonyl (C=O) groups excluding carboxylic acids is 1. The van der Waals surface area contributed by atoms with Crippen LogP contribution in [-0.4, -0.2) is 62.7 Å². The van der Waals surface area contributed by atoms with Gasteiger partial charge in [0.15, 0.2) is 5.96 Å². The van der Waals surface area contributed by atoms with Gasteiger partial charge in [0.05, 0.1) is 13.5 Å². The summed E-state index contributed by atoms with van der Waals surface area (Å²) in [5, 5.41) is 6.58. The van der Waals surface area contributed by atoms with E-state index in [1.54, 1.807) is 7.05 Å². The van der Waals surface area contributed by atoms with Gasteiger partial charge in [0, 0.05) is 38.8 Å². The number of carbonyl (C=O) groups is 1. The molecule has 1 aliphatic heterocycles. The Morgan fingerprint density at radius 2 is 2.10 bits per heavy atom. The van der Waals surface area contributed by atoms with Crippen LogP contribution in [0.2, 0.25) is 0 Å². The molecule has 124 valence electrons. The number of aliphatic imine (C=N–C) groups is 1. The quantitative estimate of drug-likeness (QED) is 0.306. The van der Waals surface area contributed by atoms with Gasteiger partial charge in [0.25, 0.3) is 0 Å². The topological polar surface area (TPSA) is 66.0 Å². The normalized spacial score (nSPS) is 22.9. The van der Waals surface area contributed by atoms with E-state index in [2.05, 4.69) is 46.0 Å². The zero-order chi connectivity index (χ0) is 15.1. The second-order valence-corrected chi connectivity index (χ2v) is 5.60. The van der Waals surface area contributed by atoms with Crippen LogP contribution in [0.15, 0.2) is 4.99 Å². The van der Waals surface area contributed by atoms with Crippen molar-refractivity contribution < 1.29 is 9.53 Å². The Balaban J connectivity index is 0.00000400. The molecule has 0 saturated carbocycles. The third-order valence-corrected chi connectivity index (χ3v) is 3.77. The Kier molecular flexibility index (Phi) is 9.93. The van der Waals surface area contributed by atoms with Crippen LogP contribution in [0.25, 0.3) is 0 Å². The number of nitrogens with one attached hydrogen (secondary N) is 2. The second kappa shape index (κ2) is 10.2. The number of hydrogen-bond acceptors (Lipinski definition) is 4. The Morgan fingerprint density at radius 3 is 2.57 bits per heavy atom. The zero-order valence-corrected chi connectivity index (χ0v) is 16.0. The molecule has 2 N–H and O–H groups in total. The summed E-state index contributed by atoms with van der Waals surface area (Å²) in [5.41, 5.74) is 0. The van der Waals surface area contributed by atoms with Crippen molar-refractivity contribution in [1.29, 1.82) is 0 Å². The predicted octanol–water partition coefficient (Wildman–Crippen LogP) is 1.06. The van der Waals surface area contributed by atoms with Gasteiger partial charge in [-0.1, -0.05) is 6.92 Å². The summed E-state index contributed by atoms with van der Waals surface area (Å²) in [6, 6.07) is 0.959. The Bertz CT molecular complexity index is 350. The first kappa shape index (κ1) is 20.4. The van der Waals surface area contributed by atoms with Crippen molar-refractivity contribution in [3.63, 3.8) is 0 Å². The molecule has 6 nitrogen and oxygen atoms in total. The summed E-state index contributed by atoms with van der Waals surface area (Å²) >= 11 is 0. The highest BCUT2D eigenvalue weighted by Crippen LogP contribution is 2.18. The van der Waals surface area contributed by atoms with E-state index in [-0.39, 0.29) is 29.9 Å². The van der Waals surface area contributed by atoms with Crippen LogP contribution < -0.4 is 10.6 Å². The molecule has 21 heavy (non-hydrogen) atoms. The lowest BCUT2D eigenvalue weighted by atomic mass is 10.1. The van der Waals surface area contributed by atoms with Crippen molar-refractivity contribution in [2.45, 2.75) is 39.3 Å². The summed E-state index contributed by atoms with van der Waals surface area (Å²) in [5.74, 6) is 1.11. The number of rotatable bonds is 5. The fourth-order valence-corrected chi connectivity index (χ4v) is 2.37. The van der Waals surface area contributed by atoms with E-state index >= 15 is 0 Å². The first-order valence-corrected chi connectivity index (χ1v) is 7.26. The Morgan fingerprint density at radius 1 is 1.43 bits per heavy atom. The van der Waals surface area contributed by atoms with Crippen LogP contribution in [0, 0.1) is 5.92 Å². The molecule has 0 bridgehead atoms. The highest BCUT2D eigenvalue weighted by atomic mass is 127. The highest BCUT2D eigenvalue weighted by molar-refractivity contribution is 14.0. The zero-order valence-electron chi connectivity index (χ0n) is 13.7. The van der Waals surface area contributed by atoms with Crippen LogP contribution in [0.5, 0.6) is 0 Å². The van der Waals surface area contributed by atoms with Crippen LogP contribution >= 0.6 is 24.0 Å². The number of halogens is 1. The molecule has 0 aromatic rings. The highest BCUT2D eigenvalue weighted by Gasteiger charge is 2.31. The van der Waals surface area contributed by atoms with E-state index in [9.17, 15) is 4.79 Å². The van der Waals surface area contributed by atoms with Crippen molar-refractivity contribution >= 4 is 35.9 Å². The standard InChI is InChI=1S/C14H28N4O2.HI/c1-10(2)18-8-11(3)12(9-18)17-14(15-4)16-7-6-13(19)20-5;/h10-12H,6-9H2,1-5H3,(H2,15,16,17);1H. The molecular formula is C14H29IN4O2. The van der Waals surface area contributed by atoms with E-state index in [0.29, 0.717) is 31.0 Å². The summed E-state index contributed by atoms with van der Waals surface area (Å²) in [7, 11) is 3.14. The average molecular weight is 412 g/mol. The minimum Gasteiger partial charge on any atom is -0.469 e. The number of esters is 1. The average Bonchev–Trinajstić information content (AvgIpc) is 2.78. The molecule has 0 aromatic heterocycles. The number of hydrogen-bond donors (Lipinski definition) is 2. The maximum absolute atomic E-state index is 11.1. The van der Waals surface area contributed by atoms with E-state index in [1.807, 2.05) is 0 Å². The van der Waals surface area contributed by atoms with Crippen molar-refractivity contribution in [2.24, 2.45) is 10.9 Å². The van der Waals surface area contributed by atoms with Crippen molar-refractivity contribution in [1.82, 2.24) is 15.5 Å². The third kappa shape index (κ3) is 6.82. The smallest absolute Gasteiger partial charge is 0.307 e. The second-order valence-electron chi connectivity index (χ2n) is 5.60. The van der Waals surface area contributed by atoms with Gasteiger partial charge < -0.3 is 15.4 Å². The first-order chi connectivity index (χ1) is 9.47. The molecule has 0 aromatic carbocycles. The van der Waals surface area contributed by atoms with E-state index in [4.69, 9.17) is 0 Å². The number of likely N-dealkylation sites (tertiary alicyclic amines) is 1. The van der Waals surface area contributed by atoms with Gasteiger partial charge in [-0.05, 0) is 19.8 Å². The molecule has 7 heteroatoms. The fourth-order valence-electron chi connectivity index (χ4n) is 2.37. The van der Waals surface area contributed by atoms with Crippen molar-refractivity contribution in [3.05, 3.63) is 0 Å². The molecule has 2 unspecified atom stereocenters. The van der Waals surface area contributed by atoms with Gasteiger partial charge in [-0.25, -0.2) is 0 Å².